The summed E-state index contributed by atoms with van der Waals surface area (Å²) in [4.78, 5) is 17.6. The number of rotatable bonds is 7. The van der Waals surface area contributed by atoms with E-state index in [1.165, 1.54) is 4.68 Å². The van der Waals surface area contributed by atoms with E-state index in [1.807, 2.05) is 79.7 Å². The van der Waals surface area contributed by atoms with Crippen molar-refractivity contribution in [2.75, 3.05) is 19.7 Å². The summed E-state index contributed by atoms with van der Waals surface area (Å²) in [6.07, 6.45) is 1.05. The summed E-state index contributed by atoms with van der Waals surface area (Å²) in [5.74, 6) is 0.979. The van der Waals surface area contributed by atoms with Crippen molar-refractivity contribution in [1.29, 1.82) is 0 Å². The van der Waals surface area contributed by atoms with Crippen LogP contribution in [0.1, 0.15) is 17.5 Å². The summed E-state index contributed by atoms with van der Waals surface area (Å²) < 4.78 is 9.62. The lowest BCUT2D eigenvalue weighted by molar-refractivity contribution is 0.261. The Morgan fingerprint density at radius 1 is 1.03 bits per heavy atom. The van der Waals surface area contributed by atoms with Crippen molar-refractivity contribution in [2.45, 2.75) is 19.9 Å². The smallest absolute Gasteiger partial charge is 0.351 e. The zero-order valence-electron chi connectivity index (χ0n) is 21.8. The SMILES string of the molecule is [C-]#[N+]c1ccc(-c2cc(OC[C@@H]3CCNC3)c3nn(Cc4ccccc4)c(=O)n3c2-c2ccc(C)cc2)cc1. The highest BCUT2D eigenvalue weighted by Crippen LogP contribution is 2.37. The molecule has 1 fully saturated rings. The highest BCUT2D eigenvalue weighted by atomic mass is 16.5. The second kappa shape index (κ2) is 10.6. The number of hydrogen-bond donors (Lipinski definition) is 1. The number of pyridine rings is 1. The molecule has 0 radical (unpaired) electrons. The van der Waals surface area contributed by atoms with Gasteiger partial charge in [0.15, 0.2) is 11.4 Å². The van der Waals surface area contributed by atoms with Crippen molar-refractivity contribution in [2.24, 2.45) is 5.92 Å². The largest absolute Gasteiger partial charge is 0.489 e. The van der Waals surface area contributed by atoms with E-state index in [-0.39, 0.29) is 5.69 Å². The van der Waals surface area contributed by atoms with Crippen LogP contribution >= 0.6 is 0 Å². The number of ether oxygens (including phenoxy) is 1. The summed E-state index contributed by atoms with van der Waals surface area (Å²) >= 11 is 0. The quantitative estimate of drug-likeness (QED) is 0.281. The van der Waals surface area contributed by atoms with Crippen molar-refractivity contribution in [3.05, 3.63) is 118 Å². The molecule has 0 bridgehead atoms. The monoisotopic (exact) mass is 515 g/mol. The first kappa shape index (κ1) is 24.7. The Morgan fingerprint density at radius 3 is 2.46 bits per heavy atom. The van der Waals surface area contributed by atoms with Gasteiger partial charge in [-0.05, 0) is 42.6 Å². The third-order valence-electron chi connectivity index (χ3n) is 7.26. The third-order valence-corrected chi connectivity index (χ3v) is 7.26. The predicted molar refractivity (Wildman–Crippen MR) is 153 cm³/mol. The maximum absolute atomic E-state index is 14.0. The van der Waals surface area contributed by atoms with Gasteiger partial charge in [-0.15, -0.1) is 5.10 Å². The summed E-state index contributed by atoms with van der Waals surface area (Å²) in [7, 11) is 0. The molecule has 0 unspecified atom stereocenters. The van der Waals surface area contributed by atoms with E-state index in [1.54, 1.807) is 16.5 Å². The van der Waals surface area contributed by atoms with Crippen LogP contribution in [0, 0.1) is 19.4 Å². The Morgan fingerprint density at radius 2 is 1.77 bits per heavy atom. The highest BCUT2D eigenvalue weighted by molar-refractivity contribution is 5.85. The van der Waals surface area contributed by atoms with E-state index in [9.17, 15) is 4.79 Å². The Hall–Kier alpha value is -4.67. The van der Waals surface area contributed by atoms with E-state index in [0.29, 0.717) is 36.2 Å². The van der Waals surface area contributed by atoms with E-state index >= 15 is 0 Å². The average molecular weight is 516 g/mol. The molecule has 1 aliphatic rings. The highest BCUT2D eigenvalue weighted by Gasteiger charge is 2.23. The predicted octanol–water partition coefficient (Wildman–Crippen LogP) is 5.73. The standard InChI is InChI=1S/C32H29N5O2/c1-22-8-10-26(11-9-22)30-28(25-12-14-27(33-2)15-13-25)18-29(39-21-24-16-17-34-19-24)31-35-36(32(38)37(30)31)20-23-6-4-3-5-7-23/h3-15,18,24,34H,16-17,19-21H2,1H3/t24-/m1/s1. The van der Waals surface area contributed by atoms with E-state index in [2.05, 4.69) is 10.2 Å². The minimum atomic E-state index is -0.226. The molecule has 0 aliphatic carbocycles. The van der Waals surface area contributed by atoms with Gasteiger partial charge in [-0.25, -0.2) is 18.7 Å². The van der Waals surface area contributed by atoms with Crippen LogP contribution in [0.4, 0.5) is 5.69 Å². The molecule has 2 aromatic heterocycles. The van der Waals surface area contributed by atoms with Gasteiger partial charge in [0.05, 0.1) is 25.4 Å². The molecule has 194 valence electrons. The zero-order valence-corrected chi connectivity index (χ0v) is 21.8. The number of hydrogen-bond acceptors (Lipinski definition) is 4. The van der Waals surface area contributed by atoms with Crippen molar-refractivity contribution in [3.8, 4) is 28.1 Å². The van der Waals surface area contributed by atoms with Crippen LogP contribution in [-0.2, 0) is 6.54 Å². The van der Waals surface area contributed by atoms with Gasteiger partial charge in [0.2, 0.25) is 5.65 Å². The zero-order chi connectivity index (χ0) is 26.8. The summed E-state index contributed by atoms with van der Waals surface area (Å²) in [5.41, 5.74) is 6.37. The van der Waals surface area contributed by atoms with E-state index in [0.717, 1.165) is 53.0 Å². The van der Waals surface area contributed by atoms with Gasteiger partial charge in [-0.1, -0.05) is 84.4 Å². The first-order chi connectivity index (χ1) is 19.1. The number of nitrogens with one attached hydrogen (secondary N) is 1. The summed E-state index contributed by atoms with van der Waals surface area (Å²) in [5, 5.41) is 8.20. The fourth-order valence-electron chi connectivity index (χ4n) is 5.11. The fraction of sp³-hybridized carbons (Fsp3) is 0.219. The van der Waals surface area contributed by atoms with Crippen LogP contribution in [0.2, 0.25) is 0 Å². The third kappa shape index (κ3) is 4.95. The van der Waals surface area contributed by atoms with Crippen LogP contribution in [0.3, 0.4) is 0 Å². The molecule has 1 N–H and O–H groups in total. The second-order valence-electron chi connectivity index (χ2n) is 10.1. The first-order valence-electron chi connectivity index (χ1n) is 13.2. The molecule has 7 heteroatoms. The minimum absolute atomic E-state index is 0.226. The molecule has 0 saturated carbocycles. The molecule has 6 rings (SSSR count). The van der Waals surface area contributed by atoms with Gasteiger partial charge in [-0.2, -0.15) is 0 Å². The second-order valence-corrected chi connectivity index (χ2v) is 10.1. The normalized spacial score (nSPS) is 14.9. The van der Waals surface area contributed by atoms with Crippen LogP contribution in [0.5, 0.6) is 5.75 Å². The molecular weight excluding hydrogens is 486 g/mol. The van der Waals surface area contributed by atoms with Gasteiger partial charge in [-0.3, -0.25) is 0 Å². The van der Waals surface area contributed by atoms with Crippen LogP contribution in [0.15, 0.2) is 89.7 Å². The van der Waals surface area contributed by atoms with Crippen LogP contribution < -0.4 is 15.7 Å². The molecule has 1 atom stereocenters. The Balaban J connectivity index is 1.59. The van der Waals surface area contributed by atoms with Gasteiger partial charge in [0, 0.05) is 18.0 Å². The average Bonchev–Trinajstić information content (AvgIpc) is 3.61. The molecule has 7 nitrogen and oxygen atoms in total. The number of nitrogens with zero attached hydrogens (tertiary/aromatic N) is 4. The lowest BCUT2D eigenvalue weighted by atomic mass is 9.98. The molecular formula is C32H29N5O2. The summed E-state index contributed by atoms with van der Waals surface area (Å²) in [6.45, 7) is 12.2. The Kier molecular flexibility index (Phi) is 6.70. The van der Waals surface area contributed by atoms with Crippen LogP contribution in [0.25, 0.3) is 32.9 Å². The molecule has 0 amide bonds. The first-order valence-corrected chi connectivity index (χ1v) is 13.2. The van der Waals surface area contributed by atoms with Gasteiger partial charge < -0.3 is 10.1 Å². The van der Waals surface area contributed by atoms with Crippen molar-refractivity contribution >= 4 is 11.3 Å². The fourth-order valence-corrected chi connectivity index (χ4v) is 5.11. The minimum Gasteiger partial charge on any atom is -0.489 e. The van der Waals surface area contributed by atoms with Crippen molar-refractivity contribution in [1.82, 2.24) is 19.5 Å². The Bertz CT molecular complexity index is 1710. The molecule has 5 aromatic rings. The number of aromatic nitrogens is 3. The van der Waals surface area contributed by atoms with E-state index < -0.39 is 0 Å². The lowest BCUT2D eigenvalue weighted by Gasteiger charge is -2.17. The molecule has 3 heterocycles. The van der Waals surface area contributed by atoms with Gasteiger partial charge in [0.1, 0.15) is 0 Å². The summed E-state index contributed by atoms with van der Waals surface area (Å²) in [6, 6.07) is 27.5. The lowest BCUT2D eigenvalue weighted by Crippen LogP contribution is -2.23. The topological polar surface area (TPSA) is 64.9 Å². The van der Waals surface area contributed by atoms with Crippen molar-refractivity contribution < 1.29 is 4.74 Å². The van der Waals surface area contributed by atoms with Gasteiger partial charge >= 0.3 is 5.69 Å². The number of benzene rings is 3. The Labute approximate surface area is 227 Å². The van der Waals surface area contributed by atoms with Crippen LogP contribution in [-0.4, -0.2) is 33.9 Å². The molecule has 3 aromatic carbocycles. The maximum atomic E-state index is 14.0. The molecule has 1 aliphatic heterocycles. The van der Waals surface area contributed by atoms with E-state index in [4.69, 9.17) is 16.4 Å². The molecule has 39 heavy (non-hydrogen) atoms. The van der Waals surface area contributed by atoms with Crippen molar-refractivity contribution in [3.63, 3.8) is 0 Å². The number of fused-ring (bicyclic) bond motifs is 1. The molecule has 1 saturated heterocycles. The molecule has 0 spiro atoms. The van der Waals surface area contributed by atoms with Gasteiger partial charge in [0.25, 0.3) is 0 Å². The maximum Gasteiger partial charge on any atom is 0.351 e. The number of aryl methyl sites for hydroxylation is 1.